The monoisotopic (exact) mass is 221 g/mol. The molecule has 1 saturated carbocycles. The molecule has 90 valence electrons. The molecule has 0 aliphatic heterocycles. The second-order valence-corrected chi connectivity index (χ2v) is 4.90. The van der Waals surface area contributed by atoms with Crippen molar-refractivity contribution in [2.24, 2.45) is 5.92 Å². The molecule has 2 atom stereocenters. The first kappa shape index (κ1) is 11.5. The quantitative estimate of drug-likeness (QED) is 0.794. The van der Waals surface area contributed by atoms with E-state index in [2.05, 4.69) is 28.7 Å². The number of hydrogen-bond donors (Lipinski definition) is 1. The molecule has 1 N–H and O–H groups in total. The van der Waals surface area contributed by atoms with Crippen molar-refractivity contribution in [2.45, 2.75) is 58.5 Å². The van der Waals surface area contributed by atoms with E-state index >= 15 is 0 Å². The van der Waals surface area contributed by atoms with Crippen LogP contribution in [0.2, 0.25) is 0 Å². The second kappa shape index (κ2) is 5.37. The minimum Gasteiger partial charge on any atom is -0.353 e. The van der Waals surface area contributed by atoms with Gasteiger partial charge in [-0.1, -0.05) is 26.2 Å². The van der Waals surface area contributed by atoms with Crippen LogP contribution in [0.25, 0.3) is 0 Å². The van der Waals surface area contributed by atoms with Crippen LogP contribution >= 0.6 is 0 Å². The summed E-state index contributed by atoms with van der Waals surface area (Å²) < 4.78 is 2.18. The summed E-state index contributed by atoms with van der Waals surface area (Å²) in [5.74, 6) is 1.81. The number of nitrogens with zero attached hydrogens (tertiary/aromatic N) is 2. The molecule has 0 spiro atoms. The molecule has 0 amide bonds. The van der Waals surface area contributed by atoms with Gasteiger partial charge in [-0.25, -0.2) is 4.98 Å². The maximum Gasteiger partial charge on any atom is 0.202 e. The van der Waals surface area contributed by atoms with Crippen molar-refractivity contribution in [3.63, 3.8) is 0 Å². The predicted molar refractivity (Wildman–Crippen MR) is 67.6 cm³/mol. The molecule has 1 aromatic heterocycles. The minimum atomic E-state index is 0.607. The van der Waals surface area contributed by atoms with Gasteiger partial charge in [-0.3, -0.25) is 0 Å². The van der Waals surface area contributed by atoms with Crippen LogP contribution in [-0.2, 0) is 6.54 Å². The van der Waals surface area contributed by atoms with Crippen molar-refractivity contribution in [1.29, 1.82) is 0 Å². The van der Waals surface area contributed by atoms with E-state index in [1.807, 2.05) is 12.4 Å². The molecule has 1 fully saturated rings. The SMILES string of the molecule is CCn1ccnc1NC1CCCCCC1C. The molecule has 1 aliphatic carbocycles. The lowest BCUT2D eigenvalue weighted by atomic mass is 9.97. The molecule has 1 aliphatic rings. The molecular formula is C13H23N3. The summed E-state index contributed by atoms with van der Waals surface area (Å²) in [7, 11) is 0. The number of imidazole rings is 1. The number of anilines is 1. The van der Waals surface area contributed by atoms with Gasteiger partial charge in [0.05, 0.1) is 0 Å². The molecule has 0 saturated heterocycles. The van der Waals surface area contributed by atoms with E-state index in [4.69, 9.17) is 0 Å². The summed E-state index contributed by atoms with van der Waals surface area (Å²) in [5.41, 5.74) is 0. The second-order valence-electron chi connectivity index (χ2n) is 4.90. The zero-order valence-electron chi connectivity index (χ0n) is 10.4. The van der Waals surface area contributed by atoms with E-state index in [0.29, 0.717) is 6.04 Å². The number of aromatic nitrogens is 2. The van der Waals surface area contributed by atoms with E-state index in [-0.39, 0.29) is 0 Å². The van der Waals surface area contributed by atoms with Crippen molar-refractivity contribution < 1.29 is 0 Å². The molecule has 16 heavy (non-hydrogen) atoms. The Morgan fingerprint density at radius 2 is 2.19 bits per heavy atom. The van der Waals surface area contributed by atoms with E-state index in [0.717, 1.165) is 18.4 Å². The molecule has 0 aromatic carbocycles. The number of nitrogens with one attached hydrogen (secondary N) is 1. The van der Waals surface area contributed by atoms with E-state index < -0.39 is 0 Å². The van der Waals surface area contributed by atoms with Crippen molar-refractivity contribution >= 4 is 5.95 Å². The lowest BCUT2D eigenvalue weighted by Gasteiger charge is -2.23. The van der Waals surface area contributed by atoms with Crippen LogP contribution in [0.15, 0.2) is 12.4 Å². The number of hydrogen-bond acceptors (Lipinski definition) is 2. The normalized spacial score (nSPS) is 26.4. The Labute approximate surface area is 98.3 Å². The summed E-state index contributed by atoms with van der Waals surface area (Å²) in [4.78, 5) is 4.40. The van der Waals surface area contributed by atoms with Gasteiger partial charge >= 0.3 is 0 Å². The lowest BCUT2D eigenvalue weighted by molar-refractivity contribution is 0.452. The van der Waals surface area contributed by atoms with Crippen molar-refractivity contribution in [3.05, 3.63) is 12.4 Å². The van der Waals surface area contributed by atoms with Crippen LogP contribution in [-0.4, -0.2) is 15.6 Å². The molecule has 3 heteroatoms. The summed E-state index contributed by atoms with van der Waals surface area (Å²) >= 11 is 0. The van der Waals surface area contributed by atoms with E-state index in [1.54, 1.807) is 0 Å². The highest BCUT2D eigenvalue weighted by atomic mass is 15.2. The van der Waals surface area contributed by atoms with Gasteiger partial charge in [0.25, 0.3) is 0 Å². The fourth-order valence-electron chi connectivity index (χ4n) is 2.58. The van der Waals surface area contributed by atoms with Crippen LogP contribution in [0, 0.1) is 5.92 Å². The molecule has 0 radical (unpaired) electrons. The third kappa shape index (κ3) is 2.57. The highest BCUT2D eigenvalue weighted by molar-refractivity contribution is 5.27. The zero-order valence-corrected chi connectivity index (χ0v) is 10.4. The Hall–Kier alpha value is -0.990. The van der Waals surface area contributed by atoms with Crippen molar-refractivity contribution in [1.82, 2.24) is 9.55 Å². The van der Waals surface area contributed by atoms with E-state index in [9.17, 15) is 0 Å². The van der Waals surface area contributed by atoms with Gasteiger partial charge in [0.15, 0.2) is 0 Å². The Morgan fingerprint density at radius 1 is 1.38 bits per heavy atom. The molecule has 2 rings (SSSR count). The Balaban J connectivity index is 2.01. The average molecular weight is 221 g/mol. The number of aryl methyl sites for hydroxylation is 1. The van der Waals surface area contributed by atoms with Crippen molar-refractivity contribution in [2.75, 3.05) is 5.32 Å². The van der Waals surface area contributed by atoms with Gasteiger partial charge in [-0.15, -0.1) is 0 Å². The third-order valence-corrected chi connectivity index (χ3v) is 3.73. The fourth-order valence-corrected chi connectivity index (χ4v) is 2.58. The van der Waals surface area contributed by atoms with Gasteiger partial charge in [0.2, 0.25) is 5.95 Å². The van der Waals surface area contributed by atoms with Crippen molar-refractivity contribution in [3.8, 4) is 0 Å². The molecule has 0 bridgehead atoms. The van der Waals surface area contributed by atoms with Gasteiger partial charge in [0.1, 0.15) is 0 Å². The maximum atomic E-state index is 4.40. The van der Waals surface area contributed by atoms with Gasteiger partial charge in [0, 0.05) is 25.0 Å². The first-order chi connectivity index (χ1) is 7.81. The Kier molecular flexibility index (Phi) is 3.86. The highest BCUT2D eigenvalue weighted by Crippen LogP contribution is 2.25. The fraction of sp³-hybridized carbons (Fsp3) is 0.769. The molecule has 1 aromatic rings. The summed E-state index contributed by atoms with van der Waals surface area (Å²) in [6.07, 6.45) is 10.7. The largest absolute Gasteiger partial charge is 0.353 e. The predicted octanol–water partition coefficient (Wildman–Crippen LogP) is 3.28. The van der Waals surface area contributed by atoms with Crippen LogP contribution < -0.4 is 5.32 Å². The standard InChI is InChI=1S/C13H23N3/c1-3-16-10-9-14-13(16)15-12-8-6-4-5-7-11(12)2/h9-12H,3-8H2,1-2H3,(H,14,15). The average Bonchev–Trinajstić information content (AvgIpc) is 2.64. The molecule has 1 heterocycles. The van der Waals surface area contributed by atoms with Gasteiger partial charge in [-0.05, 0) is 25.7 Å². The Bertz CT molecular complexity index is 319. The summed E-state index contributed by atoms with van der Waals surface area (Å²) in [6, 6.07) is 0.607. The van der Waals surface area contributed by atoms with Crippen LogP contribution in [0.3, 0.4) is 0 Å². The lowest BCUT2D eigenvalue weighted by Crippen LogP contribution is -2.27. The maximum absolute atomic E-state index is 4.40. The first-order valence-corrected chi connectivity index (χ1v) is 6.59. The molecule has 3 nitrogen and oxygen atoms in total. The molecule has 2 unspecified atom stereocenters. The first-order valence-electron chi connectivity index (χ1n) is 6.59. The smallest absolute Gasteiger partial charge is 0.202 e. The van der Waals surface area contributed by atoms with Crippen LogP contribution in [0.4, 0.5) is 5.95 Å². The molecular weight excluding hydrogens is 198 g/mol. The van der Waals surface area contributed by atoms with Gasteiger partial charge < -0.3 is 9.88 Å². The number of rotatable bonds is 3. The minimum absolute atomic E-state index is 0.607. The van der Waals surface area contributed by atoms with Crippen LogP contribution in [0.1, 0.15) is 46.0 Å². The third-order valence-electron chi connectivity index (χ3n) is 3.73. The van der Waals surface area contributed by atoms with E-state index in [1.165, 1.54) is 32.1 Å². The summed E-state index contributed by atoms with van der Waals surface area (Å²) in [5, 5.41) is 3.62. The highest BCUT2D eigenvalue weighted by Gasteiger charge is 2.20. The van der Waals surface area contributed by atoms with Gasteiger partial charge in [-0.2, -0.15) is 0 Å². The Morgan fingerprint density at radius 3 is 3.00 bits per heavy atom. The topological polar surface area (TPSA) is 29.9 Å². The summed E-state index contributed by atoms with van der Waals surface area (Å²) in [6.45, 7) is 5.51. The zero-order chi connectivity index (χ0) is 11.4. The van der Waals surface area contributed by atoms with Crippen LogP contribution in [0.5, 0.6) is 0 Å².